The third-order valence-corrected chi connectivity index (χ3v) is 5.10. The van der Waals surface area contributed by atoms with Crippen LogP contribution in [0.15, 0.2) is 54.9 Å². The van der Waals surface area contributed by atoms with Gasteiger partial charge in [-0.15, -0.1) is 0 Å². The normalized spacial score (nSPS) is 16.3. The Hall–Kier alpha value is -3.65. The first-order valence-corrected chi connectivity index (χ1v) is 9.46. The highest BCUT2D eigenvalue weighted by atomic mass is 16.5. The molecule has 0 radical (unpaired) electrons. The van der Waals surface area contributed by atoms with Crippen LogP contribution in [-0.4, -0.2) is 37.9 Å². The number of ether oxygens (including phenoxy) is 1. The molecule has 1 fully saturated rings. The summed E-state index contributed by atoms with van der Waals surface area (Å²) >= 11 is 0. The largest absolute Gasteiger partial charge is 0.508 e. The molecule has 5 rings (SSSR count). The molecule has 0 unspecified atom stereocenters. The molecule has 0 bridgehead atoms. The summed E-state index contributed by atoms with van der Waals surface area (Å²) in [5.74, 6) is 1.96. The van der Waals surface area contributed by atoms with Crippen molar-refractivity contribution >= 4 is 16.9 Å². The number of rotatable bonds is 4. The fraction of sp³-hybridized carbons (Fsp3) is 0.190. The summed E-state index contributed by atoms with van der Waals surface area (Å²) in [5.41, 5.74) is 8.62. The van der Waals surface area contributed by atoms with Crippen molar-refractivity contribution in [1.29, 1.82) is 0 Å². The van der Waals surface area contributed by atoms with E-state index in [-0.39, 0.29) is 11.8 Å². The lowest BCUT2D eigenvalue weighted by atomic mass is 10.1. The predicted molar refractivity (Wildman–Crippen MR) is 110 cm³/mol. The van der Waals surface area contributed by atoms with Gasteiger partial charge in [0.1, 0.15) is 35.1 Å². The average Bonchev–Trinajstić information content (AvgIpc) is 3.39. The number of benzene rings is 2. The van der Waals surface area contributed by atoms with Gasteiger partial charge in [-0.2, -0.15) is 5.10 Å². The van der Waals surface area contributed by atoms with E-state index in [1.165, 1.54) is 6.33 Å². The Bertz CT molecular complexity index is 1150. The van der Waals surface area contributed by atoms with Crippen LogP contribution in [0, 0.1) is 0 Å². The number of phenols is 1. The van der Waals surface area contributed by atoms with Crippen LogP contribution >= 0.6 is 0 Å². The third-order valence-electron chi connectivity index (χ3n) is 5.10. The summed E-state index contributed by atoms with van der Waals surface area (Å²) in [6.07, 6.45) is 2.48. The Morgan fingerprint density at radius 3 is 2.45 bits per heavy atom. The molecule has 4 aromatic rings. The van der Waals surface area contributed by atoms with Crippen molar-refractivity contribution in [2.75, 3.05) is 18.8 Å². The first-order valence-electron chi connectivity index (χ1n) is 9.46. The summed E-state index contributed by atoms with van der Waals surface area (Å²) in [7, 11) is 0. The van der Waals surface area contributed by atoms with Gasteiger partial charge in [0.05, 0.1) is 11.4 Å². The molecule has 29 heavy (non-hydrogen) atoms. The van der Waals surface area contributed by atoms with Crippen molar-refractivity contribution in [1.82, 2.24) is 25.1 Å². The quantitative estimate of drug-likeness (QED) is 0.492. The van der Waals surface area contributed by atoms with Gasteiger partial charge in [0.25, 0.3) is 0 Å². The molecule has 1 aliphatic heterocycles. The van der Waals surface area contributed by atoms with Gasteiger partial charge in [0, 0.05) is 12.1 Å². The molecule has 1 atom stereocenters. The van der Waals surface area contributed by atoms with Crippen LogP contribution in [0.25, 0.3) is 22.3 Å². The van der Waals surface area contributed by atoms with E-state index < -0.39 is 0 Å². The van der Waals surface area contributed by atoms with Crippen LogP contribution in [0.5, 0.6) is 17.2 Å². The number of aromatic nitrogens is 4. The zero-order valence-electron chi connectivity index (χ0n) is 15.6. The molecule has 0 aliphatic carbocycles. The van der Waals surface area contributed by atoms with E-state index in [9.17, 15) is 5.11 Å². The summed E-state index contributed by atoms with van der Waals surface area (Å²) in [6, 6.07) is 14.5. The van der Waals surface area contributed by atoms with E-state index >= 15 is 0 Å². The van der Waals surface area contributed by atoms with Crippen LogP contribution in [0.1, 0.15) is 12.5 Å². The van der Waals surface area contributed by atoms with Crippen LogP contribution in [0.2, 0.25) is 0 Å². The molecule has 0 saturated carbocycles. The van der Waals surface area contributed by atoms with E-state index in [0.717, 1.165) is 41.8 Å². The molecule has 8 heteroatoms. The molecular weight excluding hydrogens is 368 g/mol. The maximum atomic E-state index is 9.39. The van der Waals surface area contributed by atoms with Gasteiger partial charge < -0.3 is 20.9 Å². The molecule has 0 amide bonds. The highest BCUT2D eigenvalue weighted by Gasteiger charge is 2.24. The first-order chi connectivity index (χ1) is 14.2. The number of nitrogens with two attached hydrogens (primary N) is 1. The van der Waals surface area contributed by atoms with Crippen molar-refractivity contribution in [2.24, 2.45) is 0 Å². The maximum absolute atomic E-state index is 9.39. The Labute approximate surface area is 167 Å². The number of fused-ring (bicyclic) bond motifs is 1. The fourth-order valence-corrected chi connectivity index (χ4v) is 3.63. The second-order valence-electron chi connectivity index (χ2n) is 7.02. The van der Waals surface area contributed by atoms with Gasteiger partial charge in [0.2, 0.25) is 0 Å². The minimum atomic E-state index is 0.201. The van der Waals surface area contributed by atoms with Gasteiger partial charge in [-0.1, -0.05) is 0 Å². The van der Waals surface area contributed by atoms with Gasteiger partial charge in [-0.3, -0.25) is 0 Å². The van der Waals surface area contributed by atoms with Gasteiger partial charge in [-0.05, 0) is 61.5 Å². The minimum absolute atomic E-state index is 0.201. The standard InChI is InChI=1S/C21H20N6O2/c22-20-18-19(26-27(14-9-10-23-11-14)21(18)25-12-24-20)13-1-5-16(6-2-13)29-17-7-3-15(28)4-8-17/h1-8,12,14,23,28H,9-11H2,(H2,22,24,25)/t14-/m1/s1. The second kappa shape index (κ2) is 7.06. The number of phenolic OH excluding ortho intramolecular Hbond substituents is 1. The van der Waals surface area contributed by atoms with Crippen LogP contribution in [-0.2, 0) is 0 Å². The minimum Gasteiger partial charge on any atom is -0.508 e. The first kappa shape index (κ1) is 17.4. The lowest BCUT2D eigenvalue weighted by molar-refractivity contribution is 0.464. The van der Waals surface area contributed by atoms with Crippen LogP contribution < -0.4 is 15.8 Å². The number of nitrogen functional groups attached to an aromatic ring is 1. The third kappa shape index (κ3) is 3.23. The van der Waals surface area contributed by atoms with E-state index in [4.69, 9.17) is 15.6 Å². The van der Waals surface area contributed by atoms with Crippen molar-refractivity contribution < 1.29 is 9.84 Å². The smallest absolute Gasteiger partial charge is 0.164 e. The van der Waals surface area contributed by atoms with E-state index in [2.05, 4.69) is 15.3 Å². The van der Waals surface area contributed by atoms with E-state index in [0.29, 0.717) is 17.3 Å². The highest BCUT2D eigenvalue weighted by molar-refractivity contribution is 5.98. The number of nitrogens with zero attached hydrogens (tertiary/aromatic N) is 4. The average molecular weight is 388 g/mol. The number of anilines is 1. The maximum Gasteiger partial charge on any atom is 0.164 e. The Kier molecular flexibility index (Phi) is 4.25. The van der Waals surface area contributed by atoms with Crippen LogP contribution in [0.4, 0.5) is 5.82 Å². The Balaban J connectivity index is 1.51. The van der Waals surface area contributed by atoms with E-state index in [1.54, 1.807) is 24.3 Å². The Morgan fingerprint density at radius 2 is 1.76 bits per heavy atom. The zero-order chi connectivity index (χ0) is 19.8. The molecule has 2 aromatic carbocycles. The second-order valence-corrected chi connectivity index (χ2v) is 7.02. The molecular formula is C21H20N6O2. The predicted octanol–water partition coefficient (Wildman–Crippen LogP) is 3.11. The molecule has 4 N–H and O–H groups in total. The summed E-state index contributed by atoms with van der Waals surface area (Å²) in [4.78, 5) is 8.62. The SMILES string of the molecule is Nc1ncnc2c1c(-c1ccc(Oc3ccc(O)cc3)cc1)nn2[C@@H]1CCNC1. The lowest BCUT2D eigenvalue weighted by Gasteiger charge is -2.09. The highest BCUT2D eigenvalue weighted by Crippen LogP contribution is 2.34. The number of hydrogen-bond donors (Lipinski definition) is 3. The van der Waals surface area contributed by atoms with Crippen molar-refractivity contribution in [3.8, 4) is 28.5 Å². The Morgan fingerprint density at radius 1 is 1.03 bits per heavy atom. The van der Waals surface area contributed by atoms with E-state index in [1.807, 2.05) is 28.9 Å². The molecule has 146 valence electrons. The van der Waals surface area contributed by atoms with Gasteiger partial charge in [-0.25, -0.2) is 14.6 Å². The monoisotopic (exact) mass is 388 g/mol. The summed E-state index contributed by atoms with van der Waals surface area (Å²) in [5, 5.41) is 18.4. The fourth-order valence-electron chi connectivity index (χ4n) is 3.63. The van der Waals surface area contributed by atoms with Gasteiger partial charge >= 0.3 is 0 Å². The zero-order valence-corrected chi connectivity index (χ0v) is 15.6. The molecule has 1 saturated heterocycles. The summed E-state index contributed by atoms with van der Waals surface area (Å²) < 4.78 is 7.79. The van der Waals surface area contributed by atoms with Gasteiger partial charge in [0.15, 0.2) is 5.65 Å². The molecule has 0 spiro atoms. The topological polar surface area (TPSA) is 111 Å². The number of aromatic hydroxyl groups is 1. The molecule has 2 aromatic heterocycles. The van der Waals surface area contributed by atoms with Crippen molar-refractivity contribution in [3.63, 3.8) is 0 Å². The van der Waals surface area contributed by atoms with Crippen molar-refractivity contribution in [2.45, 2.75) is 12.5 Å². The summed E-state index contributed by atoms with van der Waals surface area (Å²) in [6.45, 7) is 1.82. The number of nitrogens with one attached hydrogen (secondary N) is 1. The lowest BCUT2D eigenvalue weighted by Crippen LogP contribution is -2.15. The molecule has 1 aliphatic rings. The van der Waals surface area contributed by atoms with Crippen LogP contribution in [0.3, 0.4) is 0 Å². The molecule has 8 nitrogen and oxygen atoms in total. The van der Waals surface area contributed by atoms with Crippen molar-refractivity contribution in [3.05, 3.63) is 54.9 Å². The molecule has 3 heterocycles. The number of hydrogen-bond acceptors (Lipinski definition) is 7.